The molecule has 5 heteroatoms. The van der Waals surface area contributed by atoms with Gasteiger partial charge in [0.15, 0.2) is 0 Å². The summed E-state index contributed by atoms with van der Waals surface area (Å²) in [5, 5.41) is 4.52. The lowest BCUT2D eigenvalue weighted by atomic mass is 9.96. The summed E-state index contributed by atoms with van der Waals surface area (Å²) in [7, 11) is 0. The first kappa shape index (κ1) is 12.3. The molecular formula is C14H15FN2O2. The topological polar surface area (TPSA) is 54.1 Å². The van der Waals surface area contributed by atoms with Crippen LogP contribution >= 0.6 is 0 Å². The third kappa shape index (κ3) is 2.05. The van der Waals surface area contributed by atoms with Crippen LogP contribution in [0.1, 0.15) is 24.2 Å². The molecule has 0 spiro atoms. The van der Waals surface area contributed by atoms with Gasteiger partial charge in [0.25, 0.3) is 5.56 Å². The molecule has 1 atom stereocenters. The number of aromatic nitrogens is 1. The summed E-state index contributed by atoms with van der Waals surface area (Å²) in [4.78, 5) is 14.8. The Labute approximate surface area is 109 Å². The molecule has 0 saturated carbocycles. The first-order valence-electron chi connectivity index (χ1n) is 6.36. The van der Waals surface area contributed by atoms with E-state index in [1.807, 2.05) is 6.92 Å². The molecule has 4 nitrogen and oxygen atoms in total. The summed E-state index contributed by atoms with van der Waals surface area (Å²) >= 11 is 0. The Morgan fingerprint density at radius 3 is 3.11 bits per heavy atom. The molecule has 19 heavy (non-hydrogen) atoms. The van der Waals surface area contributed by atoms with Crippen molar-refractivity contribution in [1.82, 2.24) is 10.3 Å². The van der Waals surface area contributed by atoms with Crippen molar-refractivity contribution >= 4 is 10.8 Å². The minimum Gasteiger partial charge on any atom is -0.373 e. The van der Waals surface area contributed by atoms with E-state index in [1.165, 1.54) is 12.1 Å². The van der Waals surface area contributed by atoms with Crippen LogP contribution in [0.5, 0.6) is 0 Å². The fraction of sp³-hybridized carbons (Fsp3) is 0.357. The lowest BCUT2D eigenvalue weighted by Gasteiger charge is -2.27. The number of aromatic amines is 1. The summed E-state index contributed by atoms with van der Waals surface area (Å²) in [6, 6.07) is 4.38. The number of benzene rings is 1. The van der Waals surface area contributed by atoms with Gasteiger partial charge in [-0.2, -0.15) is 0 Å². The van der Waals surface area contributed by atoms with Crippen molar-refractivity contribution < 1.29 is 9.13 Å². The molecule has 1 aliphatic rings. The Kier molecular flexibility index (Phi) is 3.08. The molecule has 0 fully saturated rings. The maximum Gasteiger partial charge on any atom is 0.256 e. The SMILES string of the molecule is CCN[C@H]1COCc2[nH]c(=O)c3cc(F)ccc3c21. The fourth-order valence-electron chi connectivity index (χ4n) is 2.65. The molecule has 1 aromatic heterocycles. The minimum atomic E-state index is -0.398. The molecule has 1 aliphatic heterocycles. The van der Waals surface area contributed by atoms with Crippen LogP contribution in [-0.4, -0.2) is 18.1 Å². The zero-order valence-corrected chi connectivity index (χ0v) is 10.6. The minimum absolute atomic E-state index is 0.0264. The van der Waals surface area contributed by atoms with Crippen molar-refractivity contribution in [2.24, 2.45) is 0 Å². The number of likely N-dealkylation sites (N-methyl/N-ethyl adjacent to an activating group) is 1. The average Bonchev–Trinajstić information content (AvgIpc) is 2.39. The molecule has 0 saturated heterocycles. The van der Waals surface area contributed by atoms with E-state index in [1.54, 1.807) is 6.07 Å². The van der Waals surface area contributed by atoms with E-state index in [0.717, 1.165) is 23.2 Å². The van der Waals surface area contributed by atoms with E-state index < -0.39 is 5.82 Å². The predicted molar refractivity (Wildman–Crippen MR) is 70.6 cm³/mol. The van der Waals surface area contributed by atoms with Gasteiger partial charge in [0.05, 0.1) is 24.6 Å². The van der Waals surface area contributed by atoms with Crippen molar-refractivity contribution in [2.45, 2.75) is 19.6 Å². The third-order valence-corrected chi connectivity index (χ3v) is 3.44. The van der Waals surface area contributed by atoms with Gasteiger partial charge in [-0.25, -0.2) is 4.39 Å². The summed E-state index contributed by atoms with van der Waals surface area (Å²) in [6.07, 6.45) is 0. The zero-order valence-electron chi connectivity index (χ0n) is 10.6. The lowest BCUT2D eigenvalue weighted by molar-refractivity contribution is 0.0802. The third-order valence-electron chi connectivity index (χ3n) is 3.44. The maximum atomic E-state index is 13.3. The lowest BCUT2D eigenvalue weighted by Crippen LogP contribution is -2.32. The van der Waals surface area contributed by atoms with Crippen LogP contribution in [-0.2, 0) is 11.3 Å². The number of hydrogen-bond acceptors (Lipinski definition) is 3. The molecule has 0 aliphatic carbocycles. The highest BCUT2D eigenvalue weighted by molar-refractivity contribution is 5.86. The smallest absolute Gasteiger partial charge is 0.256 e. The van der Waals surface area contributed by atoms with Crippen LogP contribution in [0.15, 0.2) is 23.0 Å². The van der Waals surface area contributed by atoms with Crippen LogP contribution in [0.3, 0.4) is 0 Å². The quantitative estimate of drug-likeness (QED) is 0.868. The average molecular weight is 262 g/mol. The van der Waals surface area contributed by atoms with Crippen LogP contribution in [0.2, 0.25) is 0 Å². The van der Waals surface area contributed by atoms with E-state index in [4.69, 9.17) is 4.74 Å². The van der Waals surface area contributed by atoms with Gasteiger partial charge in [-0.1, -0.05) is 13.0 Å². The first-order chi connectivity index (χ1) is 9.20. The van der Waals surface area contributed by atoms with E-state index in [0.29, 0.717) is 18.6 Å². The molecular weight excluding hydrogens is 247 g/mol. The molecule has 2 heterocycles. The van der Waals surface area contributed by atoms with Gasteiger partial charge in [-0.3, -0.25) is 4.79 Å². The van der Waals surface area contributed by atoms with Gasteiger partial charge in [0.1, 0.15) is 5.82 Å². The highest BCUT2D eigenvalue weighted by Gasteiger charge is 2.24. The fourth-order valence-corrected chi connectivity index (χ4v) is 2.65. The van der Waals surface area contributed by atoms with Crippen LogP contribution in [0.4, 0.5) is 4.39 Å². The highest BCUT2D eigenvalue weighted by atomic mass is 19.1. The van der Waals surface area contributed by atoms with Gasteiger partial charge in [-0.05, 0) is 24.1 Å². The molecule has 2 aromatic rings. The van der Waals surface area contributed by atoms with Gasteiger partial charge in [0.2, 0.25) is 0 Å². The number of H-pyrrole nitrogens is 1. The number of nitrogens with one attached hydrogen (secondary N) is 2. The molecule has 3 rings (SSSR count). The number of rotatable bonds is 2. The van der Waals surface area contributed by atoms with Crippen LogP contribution in [0.25, 0.3) is 10.8 Å². The maximum absolute atomic E-state index is 13.3. The van der Waals surface area contributed by atoms with E-state index in [2.05, 4.69) is 10.3 Å². The Morgan fingerprint density at radius 2 is 2.32 bits per heavy atom. The second kappa shape index (κ2) is 4.75. The molecule has 0 radical (unpaired) electrons. The molecule has 1 aromatic carbocycles. The number of fused-ring (bicyclic) bond motifs is 3. The summed E-state index contributed by atoms with van der Waals surface area (Å²) in [6.45, 7) is 3.76. The van der Waals surface area contributed by atoms with Crippen molar-refractivity contribution in [3.63, 3.8) is 0 Å². The molecule has 100 valence electrons. The van der Waals surface area contributed by atoms with Crippen molar-refractivity contribution in [2.75, 3.05) is 13.2 Å². The van der Waals surface area contributed by atoms with E-state index in [-0.39, 0.29) is 11.6 Å². The van der Waals surface area contributed by atoms with Gasteiger partial charge >= 0.3 is 0 Å². The summed E-state index contributed by atoms with van der Waals surface area (Å²) in [5.74, 6) is -0.398. The standard InChI is InChI=1S/C14H15FN2O2/c1-2-16-11-6-19-7-12-13(11)9-4-3-8(15)5-10(9)14(18)17-12/h3-5,11,16H,2,6-7H2,1H3,(H,17,18)/t11-/m0/s1. The Hall–Kier alpha value is -1.72. The molecule has 2 N–H and O–H groups in total. The molecule has 0 unspecified atom stereocenters. The summed E-state index contributed by atoms with van der Waals surface area (Å²) < 4.78 is 18.8. The van der Waals surface area contributed by atoms with Gasteiger partial charge < -0.3 is 15.0 Å². The number of halogens is 1. The Bertz CT molecular complexity index is 681. The largest absolute Gasteiger partial charge is 0.373 e. The summed E-state index contributed by atoms with van der Waals surface area (Å²) in [5.41, 5.74) is 1.53. The monoisotopic (exact) mass is 262 g/mol. The van der Waals surface area contributed by atoms with Crippen molar-refractivity contribution in [1.29, 1.82) is 0 Å². The van der Waals surface area contributed by atoms with Gasteiger partial charge in [-0.15, -0.1) is 0 Å². The number of hydrogen-bond donors (Lipinski definition) is 2. The van der Waals surface area contributed by atoms with Crippen molar-refractivity contribution in [3.05, 3.63) is 45.6 Å². The zero-order chi connectivity index (χ0) is 13.4. The number of ether oxygens (including phenoxy) is 1. The predicted octanol–water partition coefficient (Wildman–Crippen LogP) is 1.85. The molecule has 0 bridgehead atoms. The van der Waals surface area contributed by atoms with Crippen LogP contribution < -0.4 is 10.9 Å². The van der Waals surface area contributed by atoms with Gasteiger partial charge in [0, 0.05) is 11.3 Å². The Balaban J connectivity index is 2.30. The number of pyridine rings is 1. The van der Waals surface area contributed by atoms with Crippen molar-refractivity contribution in [3.8, 4) is 0 Å². The Morgan fingerprint density at radius 1 is 1.47 bits per heavy atom. The van der Waals surface area contributed by atoms with E-state index >= 15 is 0 Å². The normalized spacial score (nSPS) is 18.5. The second-order valence-corrected chi connectivity index (χ2v) is 4.66. The first-order valence-corrected chi connectivity index (χ1v) is 6.36. The van der Waals surface area contributed by atoms with E-state index in [9.17, 15) is 9.18 Å². The highest BCUT2D eigenvalue weighted by Crippen LogP contribution is 2.29. The molecule has 0 amide bonds. The second-order valence-electron chi connectivity index (χ2n) is 4.66. The van der Waals surface area contributed by atoms with Crippen LogP contribution in [0, 0.1) is 5.82 Å².